The Kier molecular flexibility index (Phi) is 4.52. The number of rotatable bonds is 3. The predicted octanol–water partition coefficient (Wildman–Crippen LogP) is 4.06. The Bertz CT molecular complexity index is 896. The van der Waals surface area contributed by atoms with E-state index in [1.54, 1.807) is 0 Å². The van der Waals surface area contributed by atoms with Gasteiger partial charge < -0.3 is 9.42 Å². The van der Waals surface area contributed by atoms with E-state index in [-0.39, 0.29) is 11.8 Å². The molecule has 0 atom stereocenters. The van der Waals surface area contributed by atoms with Gasteiger partial charge in [-0.15, -0.1) is 0 Å². The molecule has 0 aliphatic carbocycles. The molecule has 1 aromatic heterocycles. The molecule has 0 bridgehead atoms. The summed E-state index contributed by atoms with van der Waals surface area (Å²) in [6.45, 7) is 3.39. The van der Waals surface area contributed by atoms with Crippen LogP contribution in [0.5, 0.6) is 0 Å². The molecule has 1 fully saturated rings. The van der Waals surface area contributed by atoms with Crippen molar-refractivity contribution >= 4 is 5.91 Å². The molecular formula is C21H21N3O2. The first-order chi connectivity index (χ1) is 12.7. The minimum Gasteiger partial charge on any atom is -0.339 e. The first-order valence-corrected chi connectivity index (χ1v) is 8.96. The van der Waals surface area contributed by atoms with Gasteiger partial charge >= 0.3 is 0 Å². The highest BCUT2D eigenvalue weighted by Crippen LogP contribution is 2.29. The number of carbonyl (C=O) groups excluding carboxylic acids is 1. The number of hydrogen-bond acceptors (Lipinski definition) is 4. The molecule has 0 N–H and O–H groups in total. The molecule has 1 saturated heterocycles. The standard InChI is InChI=1S/C21H21N3O2/c1-15-7-5-6-10-18(15)21(25)24-13-11-17(12-14-24)20-22-19(23-26-20)16-8-3-2-4-9-16/h2-10,17H,11-14H2,1H3. The maximum Gasteiger partial charge on any atom is 0.254 e. The third-order valence-electron chi connectivity index (χ3n) is 4.98. The lowest BCUT2D eigenvalue weighted by Crippen LogP contribution is -2.38. The van der Waals surface area contributed by atoms with E-state index in [9.17, 15) is 4.79 Å². The van der Waals surface area contributed by atoms with Crippen LogP contribution in [0.1, 0.15) is 40.6 Å². The SMILES string of the molecule is Cc1ccccc1C(=O)N1CCC(c2nc(-c3ccccc3)no2)CC1. The molecular weight excluding hydrogens is 326 g/mol. The molecule has 0 saturated carbocycles. The number of benzene rings is 2. The lowest BCUT2D eigenvalue weighted by Gasteiger charge is -2.30. The van der Waals surface area contributed by atoms with Gasteiger partial charge in [-0.1, -0.05) is 53.7 Å². The zero-order valence-electron chi connectivity index (χ0n) is 14.8. The van der Waals surface area contributed by atoms with Crippen LogP contribution in [0.15, 0.2) is 59.1 Å². The zero-order chi connectivity index (χ0) is 17.9. The van der Waals surface area contributed by atoms with Gasteiger partial charge in [-0.05, 0) is 31.4 Å². The largest absolute Gasteiger partial charge is 0.339 e. The van der Waals surface area contributed by atoms with Gasteiger partial charge in [0.1, 0.15) is 0 Å². The molecule has 1 aliphatic rings. The van der Waals surface area contributed by atoms with Crippen LogP contribution in [0.4, 0.5) is 0 Å². The third-order valence-corrected chi connectivity index (χ3v) is 4.98. The summed E-state index contributed by atoms with van der Waals surface area (Å²) in [7, 11) is 0. The molecule has 5 nitrogen and oxygen atoms in total. The number of aromatic nitrogens is 2. The normalized spacial score (nSPS) is 15.2. The maximum absolute atomic E-state index is 12.7. The van der Waals surface area contributed by atoms with Gasteiger partial charge in [0, 0.05) is 30.1 Å². The van der Waals surface area contributed by atoms with Gasteiger partial charge in [0.05, 0.1) is 0 Å². The summed E-state index contributed by atoms with van der Waals surface area (Å²) in [5.41, 5.74) is 2.76. The average Bonchev–Trinajstić information content (AvgIpc) is 3.19. The summed E-state index contributed by atoms with van der Waals surface area (Å²) in [6, 6.07) is 17.6. The molecule has 0 unspecified atom stereocenters. The van der Waals surface area contributed by atoms with Gasteiger partial charge in [0.2, 0.25) is 11.7 Å². The van der Waals surface area contributed by atoms with Crippen LogP contribution in [0.2, 0.25) is 0 Å². The number of carbonyl (C=O) groups is 1. The van der Waals surface area contributed by atoms with E-state index in [1.807, 2.05) is 66.4 Å². The van der Waals surface area contributed by atoms with Gasteiger partial charge in [0.15, 0.2) is 0 Å². The van der Waals surface area contributed by atoms with Gasteiger partial charge in [-0.2, -0.15) is 4.98 Å². The maximum atomic E-state index is 12.7. The van der Waals surface area contributed by atoms with E-state index in [4.69, 9.17) is 4.52 Å². The molecule has 4 rings (SSSR count). The van der Waals surface area contributed by atoms with Crippen molar-refractivity contribution in [3.05, 3.63) is 71.6 Å². The van der Waals surface area contributed by atoms with Crippen LogP contribution in [0.3, 0.4) is 0 Å². The minimum atomic E-state index is 0.108. The Morgan fingerprint density at radius 1 is 1.04 bits per heavy atom. The van der Waals surface area contributed by atoms with Crippen LogP contribution in [-0.2, 0) is 0 Å². The van der Waals surface area contributed by atoms with Crippen LogP contribution in [-0.4, -0.2) is 34.0 Å². The Hall–Kier alpha value is -2.95. The molecule has 132 valence electrons. The second-order valence-corrected chi connectivity index (χ2v) is 6.70. The van der Waals surface area contributed by atoms with Crippen molar-refractivity contribution in [1.82, 2.24) is 15.0 Å². The first-order valence-electron chi connectivity index (χ1n) is 8.96. The summed E-state index contributed by atoms with van der Waals surface area (Å²) < 4.78 is 5.49. The van der Waals surface area contributed by atoms with Crippen molar-refractivity contribution in [2.45, 2.75) is 25.7 Å². The molecule has 1 aliphatic heterocycles. The van der Waals surface area contributed by atoms with Crippen molar-refractivity contribution in [3.63, 3.8) is 0 Å². The summed E-state index contributed by atoms with van der Waals surface area (Å²) in [5.74, 6) is 1.61. The topological polar surface area (TPSA) is 59.2 Å². The smallest absolute Gasteiger partial charge is 0.254 e. The first kappa shape index (κ1) is 16.5. The number of hydrogen-bond donors (Lipinski definition) is 0. The van der Waals surface area contributed by atoms with Gasteiger partial charge in [-0.25, -0.2) is 0 Å². The van der Waals surface area contributed by atoms with E-state index in [2.05, 4.69) is 10.1 Å². The van der Waals surface area contributed by atoms with Crippen LogP contribution < -0.4 is 0 Å². The Morgan fingerprint density at radius 2 is 1.73 bits per heavy atom. The molecule has 2 aromatic carbocycles. The fraction of sp³-hybridized carbons (Fsp3) is 0.286. The van der Waals surface area contributed by atoms with Gasteiger partial charge in [-0.3, -0.25) is 4.79 Å². The summed E-state index contributed by atoms with van der Waals surface area (Å²) >= 11 is 0. The fourth-order valence-corrected chi connectivity index (χ4v) is 3.42. The molecule has 26 heavy (non-hydrogen) atoms. The summed E-state index contributed by atoms with van der Waals surface area (Å²) in [5, 5.41) is 4.11. The summed E-state index contributed by atoms with van der Waals surface area (Å²) in [4.78, 5) is 19.2. The molecule has 1 amide bonds. The van der Waals surface area contributed by atoms with E-state index in [1.165, 1.54) is 0 Å². The predicted molar refractivity (Wildman–Crippen MR) is 98.8 cm³/mol. The van der Waals surface area contributed by atoms with E-state index >= 15 is 0 Å². The molecule has 0 spiro atoms. The lowest BCUT2D eigenvalue weighted by molar-refractivity contribution is 0.0704. The minimum absolute atomic E-state index is 0.108. The van der Waals surface area contributed by atoms with Crippen molar-refractivity contribution in [2.24, 2.45) is 0 Å². The van der Waals surface area contributed by atoms with E-state index in [0.29, 0.717) is 24.8 Å². The molecule has 2 heterocycles. The fourth-order valence-electron chi connectivity index (χ4n) is 3.42. The van der Waals surface area contributed by atoms with Crippen LogP contribution in [0.25, 0.3) is 11.4 Å². The molecule has 0 radical (unpaired) electrons. The van der Waals surface area contributed by atoms with E-state index in [0.717, 1.165) is 29.5 Å². The van der Waals surface area contributed by atoms with Crippen LogP contribution in [0, 0.1) is 6.92 Å². The molecule has 3 aromatic rings. The average molecular weight is 347 g/mol. The third kappa shape index (κ3) is 3.25. The number of nitrogens with zero attached hydrogens (tertiary/aromatic N) is 3. The second-order valence-electron chi connectivity index (χ2n) is 6.70. The monoisotopic (exact) mass is 347 g/mol. The zero-order valence-corrected chi connectivity index (χ0v) is 14.8. The summed E-state index contributed by atoms with van der Waals surface area (Å²) in [6.07, 6.45) is 1.68. The highest BCUT2D eigenvalue weighted by molar-refractivity contribution is 5.95. The van der Waals surface area contributed by atoms with Gasteiger partial charge in [0.25, 0.3) is 5.91 Å². The number of aryl methyl sites for hydroxylation is 1. The van der Waals surface area contributed by atoms with Crippen molar-refractivity contribution in [1.29, 1.82) is 0 Å². The number of amides is 1. The van der Waals surface area contributed by atoms with Crippen LogP contribution >= 0.6 is 0 Å². The quantitative estimate of drug-likeness (QED) is 0.717. The highest BCUT2D eigenvalue weighted by Gasteiger charge is 2.28. The number of likely N-dealkylation sites (tertiary alicyclic amines) is 1. The number of piperidine rings is 1. The highest BCUT2D eigenvalue weighted by atomic mass is 16.5. The Labute approximate surface area is 152 Å². The van der Waals surface area contributed by atoms with Crippen molar-refractivity contribution < 1.29 is 9.32 Å². The Morgan fingerprint density at radius 3 is 2.46 bits per heavy atom. The second kappa shape index (κ2) is 7.12. The molecule has 5 heteroatoms. The lowest BCUT2D eigenvalue weighted by atomic mass is 9.96. The van der Waals surface area contributed by atoms with E-state index < -0.39 is 0 Å². The Balaban J connectivity index is 1.42. The van der Waals surface area contributed by atoms with Crippen molar-refractivity contribution in [3.8, 4) is 11.4 Å². The van der Waals surface area contributed by atoms with Crippen molar-refractivity contribution in [2.75, 3.05) is 13.1 Å².